The summed E-state index contributed by atoms with van der Waals surface area (Å²) in [4.78, 5) is 13.9. The van der Waals surface area contributed by atoms with Crippen molar-refractivity contribution in [1.29, 1.82) is 0 Å². The number of fused-ring (bicyclic) bond motifs is 1. The van der Waals surface area contributed by atoms with Gasteiger partial charge < -0.3 is 19.0 Å². The zero-order chi connectivity index (χ0) is 18.7. The maximum Gasteiger partial charge on any atom is 0.336 e. The third-order valence-electron chi connectivity index (χ3n) is 4.18. The summed E-state index contributed by atoms with van der Waals surface area (Å²) in [5, 5.41) is 10.4. The molecule has 2 aromatic carbocycles. The molecule has 0 aliphatic heterocycles. The number of hydrogen-bond donors (Lipinski definition) is 1. The van der Waals surface area contributed by atoms with Crippen molar-refractivity contribution in [3.05, 3.63) is 64.0 Å². The van der Waals surface area contributed by atoms with Crippen molar-refractivity contribution in [3.8, 4) is 17.2 Å². The van der Waals surface area contributed by atoms with E-state index in [1.165, 1.54) is 12.1 Å². The Labute approximate surface area is 151 Å². The molecule has 6 heteroatoms. The van der Waals surface area contributed by atoms with Gasteiger partial charge in [0, 0.05) is 36.2 Å². The summed E-state index contributed by atoms with van der Waals surface area (Å²) in [6, 6.07) is 12.0. The van der Waals surface area contributed by atoms with Crippen molar-refractivity contribution in [2.24, 2.45) is 0 Å². The fourth-order valence-corrected chi connectivity index (χ4v) is 3.07. The number of para-hydroxylation sites is 1. The van der Waals surface area contributed by atoms with Gasteiger partial charge in [-0.3, -0.25) is 4.90 Å². The van der Waals surface area contributed by atoms with E-state index in [1.807, 2.05) is 25.2 Å². The molecule has 0 unspecified atom stereocenters. The highest BCUT2D eigenvalue weighted by Gasteiger charge is 2.13. The van der Waals surface area contributed by atoms with E-state index in [0.29, 0.717) is 30.2 Å². The lowest BCUT2D eigenvalue weighted by Crippen LogP contribution is -2.19. The number of hydrogen-bond acceptors (Lipinski definition) is 6. The molecule has 0 saturated heterocycles. The summed E-state index contributed by atoms with van der Waals surface area (Å²) < 4.78 is 16.0. The molecule has 0 aliphatic carbocycles. The molecule has 0 bridgehead atoms. The largest absolute Gasteiger partial charge is 0.508 e. The zero-order valence-corrected chi connectivity index (χ0v) is 15.0. The van der Waals surface area contributed by atoms with Crippen LogP contribution in [-0.2, 0) is 13.1 Å². The van der Waals surface area contributed by atoms with Crippen LogP contribution >= 0.6 is 0 Å². The summed E-state index contributed by atoms with van der Waals surface area (Å²) in [6.45, 7) is 1.15. The molecule has 3 rings (SSSR count). The lowest BCUT2D eigenvalue weighted by Gasteiger charge is -2.20. The van der Waals surface area contributed by atoms with E-state index in [-0.39, 0.29) is 5.75 Å². The zero-order valence-electron chi connectivity index (χ0n) is 15.0. The van der Waals surface area contributed by atoms with E-state index < -0.39 is 5.63 Å². The van der Waals surface area contributed by atoms with Crippen LogP contribution in [0.4, 0.5) is 0 Å². The average Bonchev–Trinajstić information content (AvgIpc) is 2.60. The number of phenolic OH excluding ortho intramolecular Hbond substituents is 1. The van der Waals surface area contributed by atoms with Gasteiger partial charge in [-0.15, -0.1) is 0 Å². The van der Waals surface area contributed by atoms with Crippen molar-refractivity contribution in [3.63, 3.8) is 0 Å². The number of benzene rings is 2. The Kier molecular flexibility index (Phi) is 5.14. The van der Waals surface area contributed by atoms with Crippen molar-refractivity contribution < 1.29 is 19.0 Å². The van der Waals surface area contributed by atoms with Gasteiger partial charge in [0.2, 0.25) is 0 Å². The molecule has 0 aliphatic rings. The minimum Gasteiger partial charge on any atom is -0.508 e. The van der Waals surface area contributed by atoms with Gasteiger partial charge in [-0.25, -0.2) is 4.79 Å². The number of rotatable bonds is 6. The van der Waals surface area contributed by atoms with E-state index in [0.717, 1.165) is 16.5 Å². The monoisotopic (exact) mass is 355 g/mol. The number of methoxy groups -OCH3 is 2. The van der Waals surface area contributed by atoms with Gasteiger partial charge in [-0.2, -0.15) is 0 Å². The summed E-state index contributed by atoms with van der Waals surface area (Å²) >= 11 is 0. The van der Waals surface area contributed by atoms with Crippen LogP contribution in [0.5, 0.6) is 17.2 Å². The van der Waals surface area contributed by atoms with Gasteiger partial charge in [0.1, 0.15) is 11.3 Å². The molecule has 6 nitrogen and oxygen atoms in total. The maximum absolute atomic E-state index is 11.8. The molecule has 26 heavy (non-hydrogen) atoms. The second kappa shape index (κ2) is 7.49. The van der Waals surface area contributed by atoms with Crippen LogP contribution in [0.25, 0.3) is 11.0 Å². The Balaban J connectivity index is 1.89. The number of aromatic hydroxyl groups is 1. The first kappa shape index (κ1) is 17.8. The molecule has 1 aromatic heterocycles. The molecule has 0 saturated carbocycles. The minimum atomic E-state index is -0.439. The topological polar surface area (TPSA) is 72.1 Å². The Morgan fingerprint density at radius 3 is 2.54 bits per heavy atom. The summed E-state index contributed by atoms with van der Waals surface area (Å²) in [5.41, 5.74) is 1.75. The molecule has 0 fully saturated rings. The van der Waals surface area contributed by atoms with Crippen LogP contribution < -0.4 is 15.1 Å². The predicted molar refractivity (Wildman–Crippen MR) is 98.9 cm³/mol. The third kappa shape index (κ3) is 3.65. The summed E-state index contributed by atoms with van der Waals surface area (Å²) in [5.74, 6) is 1.44. The lowest BCUT2D eigenvalue weighted by molar-refractivity contribution is 0.303. The first-order valence-electron chi connectivity index (χ1n) is 8.16. The van der Waals surface area contributed by atoms with Gasteiger partial charge in [-0.05, 0) is 30.8 Å². The fraction of sp³-hybridized carbons (Fsp3) is 0.250. The molecule has 0 radical (unpaired) electrons. The summed E-state index contributed by atoms with van der Waals surface area (Å²) in [7, 11) is 5.18. The van der Waals surface area contributed by atoms with Gasteiger partial charge in [0.05, 0.1) is 14.2 Å². The fourth-order valence-electron chi connectivity index (χ4n) is 3.07. The minimum absolute atomic E-state index is 0.0623. The third-order valence-corrected chi connectivity index (χ3v) is 4.18. The SMILES string of the molecule is COc1cccc(CN(C)Cc2cc(=O)oc3cc(O)ccc23)c1OC. The lowest BCUT2D eigenvalue weighted by atomic mass is 10.1. The highest BCUT2D eigenvalue weighted by Crippen LogP contribution is 2.31. The molecule has 0 spiro atoms. The Hall–Kier alpha value is -2.99. The Morgan fingerprint density at radius 1 is 1.04 bits per heavy atom. The van der Waals surface area contributed by atoms with Crippen LogP contribution in [0.3, 0.4) is 0 Å². The molecule has 0 amide bonds. The quantitative estimate of drug-likeness (QED) is 0.685. The molecule has 1 heterocycles. The molecule has 1 N–H and O–H groups in total. The van der Waals surface area contributed by atoms with Crippen LogP contribution in [-0.4, -0.2) is 31.3 Å². The first-order valence-corrected chi connectivity index (χ1v) is 8.16. The second-order valence-corrected chi connectivity index (χ2v) is 6.10. The van der Waals surface area contributed by atoms with Gasteiger partial charge in [0.25, 0.3) is 0 Å². The smallest absolute Gasteiger partial charge is 0.336 e. The van der Waals surface area contributed by atoms with Crippen molar-refractivity contribution in [2.75, 3.05) is 21.3 Å². The van der Waals surface area contributed by atoms with Crippen molar-refractivity contribution in [2.45, 2.75) is 13.1 Å². The maximum atomic E-state index is 11.8. The van der Waals surface area contributed by atoms with Crippen LogP contribution in [0.1, 0.15) is 11.1 Å². The van der Waals surface area contributed by atoms with Crippen LogP contribution in [0.15, 0.2) is 51.7 Å². The van der Waals surface area contributed by atoms with E-state index in [4.69, 9.17) is 13.9 Å². The van der Waals surface area contributed by atoms with E-state index in [2.05, 4.69) is 4.90 Å². The number of nitrogens with zero attached hydrogens (tertiary/aromatic N) is 1. The second-order valence-electron chi connectivity index (χ2n) is 6.10. The van der Waals surface area contributed by atoms with E-state index >= 15 is 0 Å². The average molecular weight is 355 g/mol. The summed E-state index contributed by atoms with van der Waals surface area (Å²) in [6.07, 6.45) is 0. The normalized spacial score (nSPS) is 11.1. The molecule has 136 valence electrons. The first-order chi connectivity index (χ1) is 12.5. The Morgan fingerprint density at radius 2 is 1.81 bits per heavy atom. The van der Waals surface area contributed by atoms with E-state index in [1.54, 1.807) is 26.4 Å². The van der Waals surface area contributed by atoms with Gasteiger partial charge in [0.15, 0.2) is 11.5 Å². The highest BCUT2D eigenvalue weighted by molar-refractivity contribution is 5.81. The highest BCUT2D eigenvalue weighted by atomic mass is 16.5. The molecular weight excluding hydrogens is 334 g/mol. The van der Waals surface area contributed by atoms with Gasteiger partial charge >= 0.3 is 5.63 Å². The van der Waals surface area contributed by atoms with Gasteiger partial charge in [-0.1, -0.05) is 12.1 Å². The molecule has 0 atom stereocenters. The van der Waals surface area contributed by atoms with E-state index in [9.17, 15) is 9.90 Å². The van der Waals surface area contributed by atoms with Crippen molar-refractivity contribution in [1.82, 2.24) is 4.90 Å². The Bertz CT molecular complexity index is 980. The predicted octanol–water partition coefficient (Wildman–Crippen LogP) is 3.15. The molecular formula is C20H21NO5. The number of ether oxygens (including phenoxy) is 2. The number of phenols is 1. The van der Waals surface area contributed by atoms with Crippen LogP contribution in [0.2, 0.25) is 0 Å². The molecule has 3 aromatic rings. The van der Waals surface area contributed by atoms with Crippen molar-refractivity contribution >= 4 is 11.0 Å². The van der Waals surface area contributed by atoms with Crippen LogP contribution in [0, 0.1) is 0 Å². The standard InChI is InChI=1S/C20H21NO5/c1-21(11-13-5-4-6-17(24-2)20(13)25-3)12-14-9-19(23)26-18-10-15(22)7-8-16(14)18/h4-10,22H,11-12H2,1-3H3.